The molecule has 1 N–H and O–H groups in total. The van der Waals surface area contributed by atoms with Crippen LogP contribution in [-0.4, -0.2) is 45.8 Å². The summed E-state index contributed by atoms with van der Waals surface area (Å²) < 4.78 is 2.03. The molecule has 6 heteroatoms. The van der Waals surface area contributed by atoms with Crippen LogP contribution in [0.4, 0.5) is 0 Å². The highest BCUT2D eigenvalue weighted by Gasteiger charge is 2.36. The zero-order chi connectivity index (χ0) is 17.0. The third kappa shape index (κ3) is 3.73. The smallest absolute Gasteiger partial charge is 0.194 e. The average Bonchev–Trinajstić information content (AvgIpc) is 2.78. The Morgan fingerprint density at radius 2 is 1.83 bits per heavy atom. The lowest BCUT2D eigenvalue weighted by Crippen LogP contribution is -2.50. The number of aromatic nitrogens is 3. The Bertz CT molecular complexity index is 568. The van der Waals surface area contributed by atoms with Gasteiger partial charge >= 0.3 is 0 Å². The van der Waals surface area contributed by atoms with Gasteiger partial charge in [0.2, 0.25) is 0 Å². The minimum Gasteiger partial charge on any atom is -0.349 e. The van der Waals surface area contributed by atoms with Gasteiger partial charge in [-0.15, -0.1) is 10.2 Å². The van der Waals surface area contributed by atoms with Gasteiger partial charge in [-0.3, -0.25) is 4.99 Å². The van der Waals surface area contributed by atoms with E-state index in [1.54, 1.807) is 0 Å². The normalized spacial score (nSPS) is 21.8. The van der Waals surface area contributed by atoms with Gasteiger partial charge in [0.25, 0.3) is 0 Å². The van der Waals surface area contributed by atoms with Gasteiger partial charge in [-0.2, -0.15) is 0 Å². The van der Waals surface area contributed by atoms with Crippen molar-refractivity contribution in [2.75, 3.05) is 20.1 Å². The van der Waals surface area contributed by atoms with Gasteiger partial charge in [-0.05, 0) is 38.0 Å². The summed E-state index contributed by atoms with van der Waals surface area (Å²) in [5.74, 6) is 2.91. The van der Waals surface area contributed by atoms with Crippen molar-refractivity contribution in [2.24, 2.45) is 17.5 Å². The van der Waals surface area contributed by atoms with E-state index in [0.29, 0.717) is 12.0 Å². The quantitative estimate of drug-likeness (QED) is 0.668. The number of aliphatic imine (C=N–C) groups is 1. The van der Waals surface area contributed by atoms with E-state index in [0.717, 1.165) is 30.7 Å². The Hall–Kier alpha value is -1.59. The maximum absolute atomic E-state index is 4.54. The number of nitrogens with one attached hydrogen (secondary N) is 1. The summed E-state index contributed by atoms with van der Waals surface area (Å²) >= 11 is 0. The molecule has 1 spiro atoms. The Kier molecular flexibility index (Phi) is 5.41. The molecule has 134 valence electrons. The zero-order valence-corrected chi connectivity index (χ0v) is 15.5. The van der Waals surface area contributed by atoms with Gasteiger partial charge in [0.15, 0.2) is 11.8 Å². The summed E-state index contributed by atoms with van der Waals surface area (Å²) in [6, 6.07) is 0. The Morgan fingerprint density at radius 3 is 2.46 bits per heavy atom. The molecule has 2 aliphatic rings. The van der Waals surface area contributed by atoms with Crippen molar-refractivity contribution in [3.8, 4) is 0 Å². The topological polar surface area (TPSA) is 58.3 Å². The maximum Gasteiger partial charge on any atom is 0.194 e. The van der Waals surface area contributed by atoms with Crippen molar-refractivity contribution < 1.29 is 0 Å². The number of piperidine rings is 1. The molecule has 1 saturated carbocycles. The highest BCUT2D eigenvalue weighted by Crippen LogP contribution is 2.42. The molecule has 24 heavy (non-hydrogen) atoms. The highest BCUT2D eigenvalue weighted by molar-refractivity contribution is 5.80. The molecular weight excluding hydrogens is 300 g/mol. The average molecular weight is 332 g/mol. The second-order valence-electron chi connectivity index (χ2n) is 7.56. The van der Waals surface area contributed by atoms with Crippen molar-refractivity contribution in [3.63, 3.8) is 0 Å². The van der Waals surface area contributed by atoms with Gasteiger partial charge in [0.1, 0.15) is 5.82 Å². The third-order valence-corrected chi connectivity index (χ3v) is 5.92. The lowest BCUT2D eigenvalue weighted by Gasteiger charge is -2.44. The molecule has 0 bridgehead atoms. The molecule has 2 fully saturated rings. The molecule has 1 aliphatic carbocycles. The largest absolute Gasteiger partial charge is 0.349 e. The summed E-state index contributed by atoms with van der Waals surface area (Å²) in [6.45, 7) is 4.92. The fourth-order valence-electron chi connectivity index (χ4n) is 4.37. The molecule has 3 rings (SSSR count). The van der Waals surface area contributed by atoms with Crippen LogP contribution >= 0.6 is 0 Å². The summed E-state index contributed by atoms with van der Waals surface area (Å²) in [7, 11) is 3.90. The van der Waals surface area contributed by atoms with Crippen molar-refractivity contribution in [1.29, 1.82) is 0 Å². The van der Waals surface area contributed by atoms with Crippen LogP contribution in [0.25, 0.3) is 0 Å². The first kappa shape index (κ1) is 17.2. The van der Waals surface area contributed by atoms with Gasteiger partial charge in [0, 0.05) is 27.2 Å². The second-order valence-corrected chi connectivity index (χ2v) is 7.56. The third-order valence-electron chi connectivity index (χ3n) is 5.92. The number of rotatable bonds is 2. The first-order valence-corrected chi connectivity index (χ1v) is 9.44. The second kappa shape index (κ2) is 7.53. The van der Waals surface area contributed by atoms with Crippen LogP contribution in [0.3, 0.4) is 0 Å². The van der Waals surface area contributed by atoms with E-state index in [9.17, 15) is 0 Å². The number of guanidine groups is 1. The molecule has 0 unspecified atom stereocenters. The first-order chi connectivity index (χ1) is 11.6. The molecule has 1 aromatic rings. The van der Waals surface area contributed by atoms with Gasteiger partial charge in [-0.25, -0.2) is 0 Å². The van der Waals surface area contributed by atoms with Gasteiger partial charge < -0.3 is 14.8 Å². The van der Waals surface area contributed by atoms with Crippen molar-refractivity contribution in [3.05, 3.63) is 11.6 Å². The monoisotopic (exact) mass is 332 g/mol. The lowest BCUT2D eigenvalue weighted by molar-refractivity contribution is 0.115. The molecule has 0 aromatic carbocycles. The molecule has 2 heterocycles. The zero-order valence-electron chi connectivity index (χ0n) is 15.5. The minimum absolute atomic E-state index is 0.522. The standard InChI is InChI=1S/C18H32N6/c1-15-21-22-16(23(15)3)13-20-17(19-2)24-12-8-11-18(14-24)9-6-4-5-7-10-18/h4-14H2,1-3H3,(H,19,20). The number of hydrogen-bond donors (Lipinski definition) is 1. The predicted molar refractivity (Wildman–Crippen MR) is 96.9 cm³/mol. The highest BCUT2D eigenvalue weighted by atomic mass is 15.3. The van der Waals surface area contributed by atoms with E-state index in [2.05, 4.69) is 25.4 Å². The van der Waals surface area contributed by atoms with Crippen molar-refractivity contribution >= 4 is 5.96 Å². The molecule has 1 saturated heterocycles. The Balaban J connectivity index is 1.63. The van der Waals surface area contributed by atoms with Crippen LogP contribution in [-0.2, 0) is 13.6 Å². The molecule has 0 amide bonds. The first-order valence-electron chi connectivity index (χ1n) is 9.44. The summed E-state index contributed by atoms with van der Waals surface area (Å²) in [6.07, 6.45) is 11.1. The number of hydrogen-bond acceptors (Lipinski definition) is 3. The van der Waals surface area contributed by atoms with Crippen LogP contribution in [0.5, 0.6) is 0 Å². The van der Waals surface area contributed by atoms with Crippen LogP contribution < -0.4 is 5.32 Å². The fraction of sp³-hybridized carbons (Fsp3) is 0.833. The summed E-state index contributed by atoms with van der Waals surface area (Å²) in [5.41, 5.74) is 0.522. The molecule has 6 nitrogen and oxygen atoms in total. The molecule has 1 aromatic heterocycles. The van der Waals surface area contributed by atoms with Gasteiger partial charge in [0.05, 0.1) is 6.54 Å². The minimum atomic E-state index is 0.522. The number of aryl methyl sites for hydroxylation is 1. The number of nitrogens with zero attached hydrogens (tertiary/aromatic N) is 5. The molecular formula is C18H32N6. The maximum atomic E-state index is 4.54. The van der Waals surface area contributed by atoms with E-state index in [-0.39, 0.29) is 0 Å². The molecule has 0 atom stereocenters. The van der Waals surface area contributed by atoms with Crippen LogP contribution in [0.1, 0.15) is 63.0 Å². The summed E-state index contributed by atoms with van der Waals surface area (Å²) in [5, 5.41) is 11.9. The van der Waals surface area contributed by atoms with Crippen molar-refractivity contribution in [1.82, 2.24) is 25.0 Å². The summed E-state index contributed by atoms with van der Waals surface area (Å²) in [4.78, 5) is 7.01. The van der Waals surface area contributed by atoms with E-state index in [4.69, 9.17) is 0 Å². The molecule has 0 radical (unpaired) electrons. The van der Waals surface area contributed by atoms with E-state index in [1.165, 1.54) is 51.4 Å². The fourth-order valence-corrected chi connectivity index (χ4v) is 4.37. The van der Waals surface area contributed by atoms with E-state index < -0.39 is 0 Å². The Morgan fingerprint density at radius 1 is 1.12 bits per heavy atom. The van der Waals surface area contributed by atoms with E-state index in [1.807, 2.05) is 25.6 Å². The Labute approximate surface area is 145 Å². The van der Waals surface area contributed by atoms with Crippen LogP contribution in [0, 0.1) is 12.3 Å². The van der Waals surface area contributed by atoms with Crippen LogP contribution in [0.15, 0.2) is 4.99 Å². The number of likely N-dealkylation sites (tertiary alicyclic amines) is 1. The van der Waals surface area contributed by atoms with E-state index >= 15 is 0 Å². The predicted octanol–water partition coefficient (Wildman–Crippen LogP) is 2.64. The SMILES string of the molecule is CN=C(NCc1nnc(C)n1C)N1CCCC2(CCCCCC2)C1. The van der Waals surface area contributed by atoms with Crippen molar-refractivity contribution in [2.45, 2.75) is 64.8 Å². The lowest BCUT2D eigenvalue weighted by atomic mass is 9.74. The molecule has 1 aliphatic heterocycles. The van der Waals surface area contributed by atoms with Crippen LogP contribution in [0.2, 0.25) is 0 Å². The van der Waals surface area contributed by atoms with Gasteiger partial charge in [-0.1, -0.05) is 25.7 Å².